The average molecular weight is 322 g/mol. The van der Waals surface area contributed by atoms with Crippen molar-refractivity contribution in [2.24, 2.45) is 0 Å². The van der Waals surface area contributed by atoms with E-state index in [0.29, 0.717) is 0 Å². The van der Waals surface area contributed by atoms with Gasteiger partial charge >= 0.3 is 0 Å². The molecule has 1 aliphatic rings. The zero-order valence-electron chi connectivity index (χ0n) is 14.1. The van der Waals surface area contributed by atoms with Crippen LogP contribution in [0.5, 0.6) is 11.5 Å². The van der Waals surface area contributed by atoms with Crippen molar-refractivity contribution >= 4 is 10.9 Å². The fourth-order valence-electron chi connectivity index (χ4n) is 3.58. The maximum absolute atomic E-state index is 5.45. The van der Waals surface area contributed by atoms with E-state index >= 15 is 0 Å². The molecule has 0 atom stereocenters. The van der Waals surface area contributed by atoms with Gasteiger partial charge in [0.05, 0.1) is 14.2 Å². The lowest BCUT2D eigenvalue weighted by Crippen LogP contribution is -2.30. The van der Waals surface area contributed by atoms with Crippen LogP contribution >= 0.6 is 0 Å². The summed E-state index contributed by atoms with van der Waals surface area (Å²) in [7, 11) is 3.38. The Bertz CT molecular complexity index is 869. The number of hydrogen-bond donors (Lipinski definition) is 1. The van der Waals surface area contributed by atoms with E-state index in [1.54, 1.807) is 14.2 Å². The standard InChI is InChI=1S/C20H22N2O2/c1-23-19-9-14-7-8-22(12-15(14)10-20(19)24-2)13-16-11-21-18-6-4-3-5-17(16)18/h3-6,9-11,21H,7-8,12-13H2,1-2H3. The van der Waals surface area contributed by atoms with Crippen LogP contribution in [0.3, 0.4) is 0 Å². The lowest BCUT2D eigenvalue weighted by atomic mass is 9.98. The maximum Gasteiger partial charge on any atom is 0.161 e. The van der Waals surface area contributed by atoms with E-state index in [-0.39, 0.29) is 0 Å². The third-order valence-corrected chi connectivity index (χ3v) is 4.87. The van der Waals surface area contributed by atoms with Gasteiger partial charge in [-0.05, 0) is 41.3 Å². The van der Waals surface area contributed by atoms with Crippen molar-refractivity contribution in [3.63, 3.8) is 0 Å². The average Bonchev–Trinajstić information content (AvgIpc) is 3.03. The largest absolute Gasteiger partial charge is 0.493 e. The summed E-state index contributed by atoms with van der Waals surface area (Å²) in [6, 6.07) is 12.7. The zero-order chi connectivity index (χ0) is 16.5. The van der Waals surface area contributed by atoms with Crippen molar-refractivity contribution in [2.45, 2.75) is 19.5 Å². The van der Waals surface area contributed by atoms with E-state index in [1.807, 2.05) is 0 Å². The Labute approximate surface area is 142 Å². The summed E-state index contributed by atoms with van der Waals surface area (Å²) >= 11 is 0. The van der Waals surface area contributed by atoms with E-state index in [2.05, 4.69) is 52.5 Å². The molecule has 3 aromatic rings. The van der Waals surface area contributed by atoms with Gasteiger partial charge in [-0.15, -0.1) is 0 Å². The Kier molecular flexibility index (Phi) is 3.90. The van der Waals surface area contributed by atoms with Crippen LogP contribution in [0.1, 0.15) is 16.7 Å². The molecule has 0 saturated heterocycles. The van der Waals surface area contributed by atoms with E-state index in [1.165, 1.54) is 27.6 Å². The maximum atomic E-state index is 5.45. The summed E-state index contributed by atoms with van der Waals surface area (Å²) in [4.78, 5) is 5.86. The van der Waals surface area contributed by atoms with E-state index < -0.39 is 0 Å². The van der Waals surface area contributed by atoms with E-state index in [9.17, 15) is 0 Å². The number of rotatable bonds is 4. The highest BCUT2D eigenvalue weighted by Gasteiger charge is 2.20. The fraction of sp³-hybridized carbons (Fsp3) is 0.300. The number of aromatic nitrogens is 1. The number of benzene rings is 2. The van der Waals surface area contributed by atoms with Crippen LogP contribution < -0.4 is 9.47 Å². The molecule has 0 fully saturated rings. The van der Waals surface area contributed by atoms with Crippen LogP contribution in [0.2, 0.25) is 0 Å². The van der Waals surface area contributed by atoms with Gasteiger partial charge in [0.15, 0.2) is 11.5 Å². The summed E-state index contributed by atoms with van der Waals surface area (Å²) in [5, 5.41) is 1.32. The normalized spacial score (nSPS) is 14.6. The van der Waals surface area contributed by atoms with Crippen molar-refractivity contribution in [2.75, 3.05) is 20.8 Å². The molecule has 2 heterocycles. The second-order valence-corrected chi connectivity index (χ2v) is 6.30. The highest BCUT2D eigenvalue weighted by Crippen LogP contribution is 2.33. The molecular formula is C20H22N2O2. The molecule has 4 rings (SSSR count). The van der Waals surface area contributed by atoms with Gasteiger partial charge in [-0.3, -0.25) is 4.90 Å². The molecule has 1 aromatic heterocycles. The van der Waals surface area contributed by atoms with Crippen LogP contribution in [-0.4, -0.2) is 30.6 Å². The van der Waals surface area contributed by atoms with Crippen molar-refractivity contribution < 1.29 is 9.47 Å². The Morgan fingerprint density at radius 3 is 2.58 bits per heavy atom. The second-order valence-electron chi connectivity index (χ2n) is 6.30. The minimum absolute atomic E-state index is 0.810. The number of fused-ring (bicyclic) bond motifs is 2. The second kappa shape index (κ2) is 6.21. The summed E-state index contributed by atoms with van der Waals surface area (Å²) in [5.74, 6) is 1.63. The van der Waals surface area contributed by atoms with Gasteiger partial charge in [-0.25, -0.2) is 0 Å². The summed E-state index contributed by atoms with van der Waals surface area (Å²) in [6.45, 7) is 2.95. The first kappa shape index (κ1) is 15.1. The molecule has 0 aliphatic carbocycles. The minimum Gasteiger partial charge on any atom is -0.493 e. The first-order valence-corrected chi connectivity index (χ1v) is 8.29. The van der Waals surface area contributed by atoms with Gasteiger partial charge in [-0.2, -0.15) is 0 Å². The van der Waals surface area contributed by atoms with Crippen molar-refractivity contribution in [1.82, 2.24) is 9.88 Å². The molecular weight excluding hydrogens is 300 g/mol. The highest BCUT2D eigenvalue weighted by atomic mass is 16.5. The molecule has 4 nitrogen and oxygen atoms in total. The van der Waals surface area contributed by atoms with Gasteiger partial charge in [0.2, 0.25) is 0 Å². The van der Waals surface area contributed by atoms with E-state index in [0.717, 1.165) is 37.6 Å². The van der Waals surface area contributed by atoms with Crippen molar-refractivity contribution in [1.29, 1.82) is 0 Å². The Balaban J connectivity index is 1.58. The molecule has 4 heteroatoms. The van der Waals surface area contributed by atoms with Crippen molar-refractivity contribution in [3.8, 4) is 11.5 Å². The third-order valence-electron chi connectivity index (χ3n) is 4.87. The molecule has 0 amide bonds. The fourth-order valence-corrected chi connectivity index (χ4v) is 3.58. The van der Waals surface area contributed by atoms with Crippen molar-refractivity contribution in [3.05, 3.63) is 59.3 Å². The Morgan fingerprint density at radius 2 is 1.79 bits per heavy atom. The molecule has 24 heavy (non-hydrogen) atoms. The Morgan fingerprint density at radius 1 is 1.04 bits per heavy atom. The number of H-pyrrole nitrogens is 1. The van der Waals surface area contributed by atoms with Crippen LogP contribution in [0.15, 0.2) is 42.6 Å². The molecule has 0 unspecified atom stereocenters. The number of aromatic amines is 1. The number of ether oxygens (including phenoxy) is 2. The molecule has 2 aromatic carbocycles. The summed E-state index contributed by atoms with van der Waals surface area (Å²) in [6.07, 6.45) is 3.17. The molecule has 124 valence electrons. The van der Waals surface area contributed by atoms with Gasteiger partial charge in [0.1, 0.15) is 0 Å². The SMILES string of the molecule is COc1cc2c(cc1OC)CN(Cc1c[nH]c3ccccc13)CC2. The molecule has 0 bridgehead atoms. The first-order chi connectivity index (χ1) is 11.8. The van der Waals surface area contributed by atoms with Crippen LogP contribution in [0.25, 0.3) is 10.9 Å². The quantitative estimate of drug-likeness (QED) is 0.795. The number of nitrogens with one attached hydrogen (secondary N) is 1. The van der Waals surface area contributed by atoms with Crippen LogP contribution in [0, 0.1) is 0 Å². The Hall–Kier alpha value is -2.46. The number of hydrogen-bond acceptors (Lipinski definition) is 3. The molecule has 1 N–H and O–H groups in total. The smallest absolute Gasteiger partial charge is 0.161 e. The van der Waals surface area contributed by atoms with Gasteiger partial charge < -0.3 is 14.5 Å². The van der Waals surface area contributed by atoms with Gasteiger partial charge in [0, 0.05) is 36.7 Å². The molecule has 0 saturated carbocycles. The lowest BCUT2D eigenvalue weighted by Gasteiger charge is -2.29. The van der Waals surface area contributed by atoms with Gasteiger partial charge in [0.25, 0.3) is 0 Å². The van der Waals surface area contributed by atoms with Crippen LogP contribution in [-0.2, 0) is 19.5 Å². The number of methoxy groups -OCH3 is 2. The molecule has 0 radical (unpaired) electrons. The zero-order valence-corrected chi connectivity index (χ0v) is 14.1. The number of nitrogens with zero attached hydrogens (tertiary/aromatic N) is 1. The molecule has 0 spiro atoms. The topological polar surface area (TPSA) is 37.5 Å². The summed E-state index contributed by atoms with van der Waals surface area (Å²) in [5.41, 5.74) is 5.26. The lowest BCUT2D eigenvalue weighted by molar-refractivity contribution is 0.245. The van der Waals surface area contributed by atoms with E-state index in [4.69, 9.17) is 9.47 Å². The highest BCUT2D eigenvalue weighted by molar-refractivity contribution is 5.82. The minimum atomic E-state index is 0.810. The van der Waals surface area contributed by atoms with Crippen LogP contribution in [0.4, 0.5) is 0 Å². The molecule has 1 aliphatic heterocycles. The first-order valence-electron chi connectivity index (χ1n) is 8.29. The predicted octanol–water partition coefficient (Wildman–Crippen LogP) is 3.74. The van der Waals surface area contributed by atoms with Gasteiger partial charge in [-0.1, -0.05) is 18.2 Å². The monoisotopic (exact) mass is 322 g/mol. The summed E-state index contributed by atoms with van der Waals surface area (Å²) < 4.78 is 10.9. The number of para-hydroxylation sites is 1. The third kappa shape index (κ3) is 2.63. The predicted molar refractivity (Wildman–Crippen MR) is 95.7 cm³/mol.